The molecule has 6 heteroatoms. The van der Waals surface area contributed by atoms with Crippen LogP contribution in [0.25, 0.3) is 0 Å². The molecule has 0 aromatic heterocycles. The molecule has 1 aromatic rings. The summed E-state index contributed by atoms with van der Waals surface area (Å²) < 4.78 is 51.7. The first-order valence-corrected chi connectivity index (χ1v) is 6.31. The van der Waals surface area contributed by atoms with E-state index in [1.165, 1.54) is 0 Å². The van der Waals surface area contributed by atoms with Gasteiger partial charge in [-0.3, -0.25) is 0 Å². The second-order valence-electron chi connectivity index (χ2n) is 4.61. The summed E-state index contributed by atoms with van der Waals surface area (Å²) in [7, 11) is 0. The van der Waals surface area contributed by atoms with Gasteiger partial charge in [0.1, 0.15) is 5.82 Å². The summed E-state index contributed by atoms with van der Waals surface area (Å²) in [5, 5.41) is 3.21. The van der Waals surface area contributed by atoms with Gasteiger partial charge in [0, 0.05) is 13.1 Å². The van der Waals surface area contributed by atoms with Crippen LogP contribution in [0, 0.1) is 5.82 Å². The summed E-state index contributed by atoms with van der Waals surface area (Å²) >= 11 is 0. The van der Waals surface area contributed by atoms with Crippen LogP contribution >= 0.6 is 0 Å². The molecule has 0 aliphatic carbocycles. The smallest absolute Gasteiger partial charge is 0.369 e. The molecule has 1 aromatic carbocycles. The fraction of sp³-hybridized carbons (Fsp3) is 0.538. The Morgan fingerprint density at radius 2 is 1.68 bits per heavy atom. The molecule has 1 fully saturated rings. The zero-order valence-electron chi connectivity index (χ0n) is 10.4. The van der Waals surface area contributed by atoms with Crippen molar-refractivity contribution in [3.05, 3.63) is 29.6 Å². The molecule has 0 spiro atoms. The van der Waals surface area contributed by atoms with Crippen molar-refractivity contribution in [3.63, 3.8) is 0 Å². The van der Waals surface area contributed by atoms with E-state index in [9.17, 15) is 17.6 Å². The lowest BCUT2D eigenvalue weighted by atomic mass is 10.1. The highest BCUT2D eigenvalue weighted by Gasteiger charge is 2.31. The van der Waals surface area contributed by atoms with Crippen LogP contribution in [0.15, 0.2) is 18.2 Å². The third-order valence-corrected chi connectivity index (χ3v) is 3.18. The number of halogens is 4. The van der Waals surface area contributed by atoms with Gasteiger partial charge in [-0.25, -0.2) is 4.39 Å². The third kappa shape index (κ3) is 3.59. The average molecular weight is 276 g/mol. The molecular weight excluding hydrogens is 260 g/mol. The molecule has 1 heterocycles. The van der Waals surface area contributed by atoms with Crippen LogP contribution in [0.3, 0.4) is 0 Å². The van der Waals surface area contributed by atoms with Crippen LogP contribution in [-0.2, 0) is 6.18 Å². The molecule has 19 heavy (non-hydrogen) atoms. The fourth-order valence-electron chi connectivity index (χ4n) is 2.20. The van der Waals surface area contributed by atoms with Gasteiger partial charge in [-0.05, 0) is 44.1 Å². The van der Waals surface area contributed by atoms with Crippen LogP contribution < -0.4 is 10.2 Å². The molecule has 0 bridgehead atoms. The number of benzene rings is 1. The van der Waals surface area contributed by atoms with E-state index in [0.29, 0.717) is 13.1 Å². The Balaban J connectivity index is 2.26. The molecule has 1 aliphatic heterocycles. The van der Waals surface area contributed by atoms with E-state index < -0.39 is 17.6 Å². The van der Waals surface area contributed by atoms with Gasteiger partial charge in [-0.1, -0.05) is 0 Å². The SMILES string of the molecule is Fc1ccc(C(F)(F)F)cc1N1CCCNCCC1. The molecule has 0 unspecified atom stereocenters. The highest BCUT2D eigenvalue weighted by molar-refractivity contribution is 5.50. The first kappa shape index (κ1) is 14.1. The largest absolute Gasteiger partial charge is 0.416 e. The Hall–Kier alpha value is -1.30. The number of nitrogens with one attached hydrogen (secondary N) is 1. The van der Waals surface area contributed by atoms with Crippen molar-refractivity contribution in [1.29, 1.82) is 0 Å². The third-order valence-electron chi connectivity index (χ3n) is 3.18. The summed E-state index contributed by atoms with van der Waals surface area (Å²) in [6, 6.07) is 2.59. The van der Waals surface area contributed by atoms with Crippen molar-refractivity contribution in [3.8, 4) is 0 Å². The first-order chi connectivity index (χ1) is 8.98. The van der Waals surface area contributed by atoms with Gasteiger partial charge in [-0.2, -0.15) is 13.2 Å². The predicted octanol–water partition coefficient (Wildman–Crippen LogP) is 3.03. The van der Waals surface area contributed by atoms with E-state index in [1.807, 2.05) is 0 Å². The summed E-state index contributed by atoms with van der Waals surface area (Å²) in [6.07, 6.45) is -2.86. The quantitative estimate of drug-likeness (QED) is 0.793. The van der Waals surface area contributed by atoms with Crippen molar-refractivity contribution in [2.24, 2.45) is 0 Å². The van der Waals surface area contributed by atoms with Gasteiger partial charge in [0.2, 0.25) is 0 Å². The minimum absolute atomic E-state index is 0.0525. The van der Waals surface area contributed by atoms with Crippen LogP contribution in [0.4, 0.5) is 23.2 Å². The predicted molar refractivity (Wildman–Crippen MR) is 65.7 cm³/mol. The molecule has 106 valence electrons. The topological polar surface area (TPSA) is 15.3 Å². The maximum absolute atomic E-state index is 13.8. The van der Waals surface area contributed by atoms with E-state index in [1.54, 1.807) is 4.90 Å². The van der Waals surface area contributed by atoms with Crippen LogP contribution in [0.1, 0.15) is 18.4 Å². The Morgan fingerprint density at radius 3 is 2.26 bits per heavy atom. The monoisotopic (exact) mass is 276 g/mol. The molecule has 1 saturated heterocycles. The minimum Gasteiger partial charge on any atom is -0.369 e. The summed E-state index contributed by atoms with van der Waals surface area (Å²) in [5.41, 5.74) is -0.749. The number of nitrogens with zero attached hydrogens (tertiary/aromatic N) is 1. The Labute approximate surface area is 109 Å². The van der Waals surface area contributed by atoms with Crippen LogP contribution in [0.2, 0.25) is 0 Å². The van der Waals surface area contributed by atoms with Crippen LogP contribution in [0.5, 0.6) is 0 Å². The molecular formula is C13H16F4N2. The van der Waals surface area contributed by atoms with Gasteiger partial charge < -0.3 is 10.2 Å². The highest BCUT2D eigenvalue weighted by Crippen LogP contribution is 2.33. The number of alkyl halides is 3. The number of anilines is 1. The average Bonchev–Trinajstić information content (AvgIpc) is 2.28. The lowest BCUT2D eigenvalue weighted by Crippen LogP contribution is -2.34. The van der Waals surface area contributed by atoms with Crippen molar-refractivity contribution < 1.29 is 17.6 Å². The zero-order valence-corrected chi connectivity index (χ0v) is 10.4. The number of hydrogen-bond donors (Lipinski definition) is 1. The molecule has 1 aliphatic rings. The second-order valence-corrected chi connectivity index (χ2v) is 4.61. The molecule has 2 rings (SSSR count). The molecule has 1 N–H and O–H groups in total. The standard InChI is InChI=1S/C13H16F4N2/c14-11-4-3-10(13(15,16)17)9-12(11)19-7-1-5-18-6-2-8-19/h3-4,9,18H,1-2,5-8H2. The molecule has 2 nitrogen and oxygen atoms in total. The highest BCUT2D eigenvalue weighted by atomic mass is 19.4. The Kier molecular flexibility index (Phi) is 4.29. The van der Waals surface area contributed by atoms with Crippen molar-refractivity contribution in [2.45, 2.75) is 19.0 Å². The van der Waals surface area contributed by atoms with Gasteiger partial charge in [-0.15, -0.1) is 0 Å². The number of hydrogen-bond acceptors (Lipinski definition) is 2. The van der Waals surface area contributed by atoms with E-state index in [2.05, 4.69) is 5.32 Å². The lowest BCUT2D eigenvalue weighted by Gasteiger charge is -2.28. The number of rotatable bonds is 1. The van der Waals surface area contributed by atoms with Crippen molar-refractivity contribution >= 4 is 5.69 Å². The van der Waals surface area contributed by atoms with E-state index >= 15 is 0 Å². The zero-order chi connectivity index (χ0) is 13.9. The van der Waals surface area contributed by atoms with Gasteiger partial charge in [0.05, 0.1) is 11.3 Å². The maximum Gasteiger partial charge on any atom is 0.416 e. The normalized spacial score (nSPS) is 18.0. The Morgan fingerprint density at radius 1 is 1.05 bits per heavy atom. The summed E-state index contributed by atoms with van der Waals surface area (Å²) in [4.78, 5) is 1.70. The Bertz CT molecular complexity index is 423. The molecule has 0 radical (unpaired) electrons. The second kappa shape index (κ2) is 5.77. The van der Waals surface area contributed by atoms with Gasteiger partial charge >= 0.3 is 6.18 Å². The van der Waals surface area contributed by atoms with Crippen molar-refractivity contribution in [1.82, 2.24) is 5.32 Å². The van der Waals surface area contributed by atoms with E-state index in [4.69, 9.17) is 0 Å². The lowest BCUT2D eigenvalue weighted by molar-refractivity contribution is -0.137. The first-order valence-electron chi connectivity index (χ1n) is 6.31. The maximum atomic E-state index is 13.8. The van der Waals surface area contributed by atoms with Gasteiger partial charge in [0.25, 0.3) is 0 Å². The van der Waals surface area contributed by atoms with Crippen LogP contribution in [-0.4, -0.2) is 26.2 Å². The fourth-order valence-corrected chi connectivity index (χ4v) is 2.20. The molecule has 0 saturated carbocycles. The van der Waals surface area contributed by atoms with E-state index in [0.717, 1.165) is 44.1 Å². The summed E-state index contributed by atoms with van der Waals surface area (Å²) in [6.45, 7) is 2.73. The van der Waals surface area contributed by atoms with Gasteiger partial charge in [0.15, 0.2) is 0 Å². The summed E-state index contributed by atoms with van der Waals surface area (Å²) in [5.74, 6) is -0.596. The molecule has 0 atom stereocenters. The van der Waals surface area contributed by atoms with Crippen molar-refractivity contribution in [2.75, 3.05) is 31.1 Å². The minimum atomic E-state index is -4.44. The van der Waals surface area contributed by atoms with E-state index in [-0.39, 0.29) is 5.69 Å². The molecule has 0 amide bonds.